The van der Waals surface area contributed by atoms with Crippen LogP contribution in [0.4, 0.5) is 22.0 Å². The number of hydrogen-bond donors (Lipinski definition) is 1. The maximum absolute atomic E-state index is 12.6. The lowest BCUT2D eigenvalue weighted by Crippen LogP contribution is -2.17. The Morgan fingerprint density at radius 2 is 2.00 bits per heavy atom. The lowest BCUT2D eigenvalue weighted by atomic mass is 10.0. The van der Waals surface area contributed by atoms with E-state index in [-0.39, 0.29) is 0 Å². The average molecular weight is 266 g/mol. The van der Waals surface area contributed by atoms with Crippen molar-refractivity contribution in [1.29, 1.82) is 5.26 Å². The highest BCUT2D eigenvalue weighted by molar-refractivity contribution is 5.90. The number of carboxylic acids is 1. The van der Waals surface area contributed by atoms with Crippen LogP contribution in [0.25, 0.3) is 0 Å². The molecule has 1 aromatic rings. The van der Waals surface area contributed by atoms with E-state index in [0.29, 0.717) is 6.20 Å². The summed E-state index contributed by atoms with van der Waals surface area (Å²) >= 11 is 0. The van der Waals surface area contributed by atoms with Crippen molar-refractivity contribution in [1.82, 2.24) is 4.98 Å². The van der Waals surface area contributed by atoms with Gasteiger partial charge in [-0.15, -0.1) is 0 Å². The van der Waals surface area contributed by atoms with Gasteiger partial charge >= 0.3 is 12.1 Å². The molecule has 0 spiro atoms. The first-order valence-corrected chi connectivity index (χ1v) is 4.21. The van der Waals surface area contributed by atoms with E-state index in [1.54, 1.807) is 0 Å². The number of alkyl halides is 5. The van der Waals surface area contributed by atoms with Gasteiger partial charge in [-0.1, -0.05) is 0 Å². The van der Waals surface area contributed by atoms with Crippen LogP contribution in [0.15, 0.2) is 6.20 Å². The monoisotopic (exact) mass is 266 g/mol. The van der Waals surface area contributed by atoms with Crippen molar-refractivity contribution in [2.45, 2.75) is 12.6 Å². The number of nitrogens with zero attached hydrogens (tertiary/aromatic N) is 2. The molecule has 0 saturated carbocycles. The summed E-state index contributed by atoms with van der Waals surface area (Å²) in [7, 11) is 0. The highest BCUT2D eigenvalue weighted by atomic mass is 19.4. The van der Waals surface area contributed by atoms with Crippen molar-refractivity contribution in [3.05, 3.63) is 28.6 Å². The molecule has 0 radical (unpaired) electrons. The van der Waals surface area contributed by atoms with Crippen molar-refractivity contribution in [3.63, 3.8) is 0 Å². The van der Waals surface area contributed by atoms with E-state index in [2.05, 4.69) is 4.98 Å². The Morgan fingerprint density at radius 3 is 2.33 bits per heavy atom. The van der Waals surface area contributed by atoms with Crippen LogP contribution in [0.1, 0.15) is 33.6 Å². The van der Waals surface area contributed by atoms with E-state index < -0.39 is 41.0 Å². The van der Waals surface area contributed by atoms with Gasteiger partial charge in [0.2, 0.25) is 0 Å². The second kappa shape index (κ2) is 4.56. The topological polar surface area (TPSA) is 74.0 Å². The maximum Gasteiger partial charge on any atom is 0.419 e. The minimum atomic E-state index is -5.30. The molecule has 1 N–H and O–H groups in total. The fourth-order valence-electron chi connectivity index (χ4n) is 1.26. The molecule has 4 nitrogen and oxygen atoms in total. The number of rotatable bonds is 2. The Morgan fingerprint density at radius 1 is 1.44 bits per heavy atom. The molecule has 0 saturated heterocycles. The van der Waals surface area contributed by atoms with Gasteiger partial charge in [-0.25, -0.2) is 13.6 Å². The number of pyridine rings is 1. The van der Waals surface area contributed by atoms with Gasteiger partial charge in [0, 0.05) is 6.20 Å². The van der Waals surface area contributed by atoms with Gasteiger partial charge in [0.25, 0.3) is 6.43 Å². The predicted octanol–water partition coefficient (Wildman–Crippen LogP) is 2.61. The Hall–Kier alpha value is -2.24. The summed E-state index contributed by atoms with van der Waals surface area (Å²) in [6.45, 7) is 0. The number of halogens is 5. The van der Waals surface area contributed by atoms with Crippen molar-refractivity contribution in [2.24, 2.45) is 0 Å². The maximum atomic E-state index is 12.6. The van der Waals surface area contributed by atoms with E-state index in [4.69, 9.17) is 10.4 Å². The van der Waals surface area contributed by atoms with Crippen LogP contribution in [0.3, 0.4) is 0 Å². The molecule has 0 aliphatic rings. The van der Waals surface area contributed by atoms with E-state index in [1.807, 2.05) is 0 Å². The standard InChI is InChI=1S/C9H3F5N2O2/c10-7(11)6-5(9(12,13)14)3(1-15)4(2-16-6)8(17)18/h2,7H,(H,17,18). The minimum Gasteiger partial charge on any atom is -0.478 e. The second-order valence-electron chi connectivity index (χ2n) is 3.02. The Bertz CT molecular complexity index is 533. The lowest BCUT2D eigenvalue weighted by molar-refractivity contribution is -0.140. The van der Waals surface area contributed by atoms with Gasteiger partial charge < -0.3 is 5.11 Å². The molecule has 0 amide bonds. The Balaban J connectivity index is 3.75. The number of nitriles is 1. The summed E-state index contributed by atoms with van der Waals surface area (Å²) in [5, 5.41) is 17.1. The molecule has 1 aromatic heterocycles. The second-order valence-corrected chi connectivity index (χ2v) is 3.02. The van der Waals surface area contributed by atoms with Crippen LogP contribution >= 0.6 is 0 Å². The summed E-state index contributed by atoms with van der Waals surface area (Å²) < 4.78 is 62.5. The molecule has 1 rings (SSSR count). The number of aromatic nitrogens is 1. The molecule has 0 atom stereocenters. The third-order valence-corrected chi connectivity index (χ3v) is 1.94. The van der Waals surface area contributed by atoms with Gasteiger partial charge in [0.1, 0.15) is 17.3 Å². The van der Waals surface area contributed by atoms with Gasteiger partial charge in [0.15, 0.2) is 0 Å². The molecular weight excluding hydrogens is 263 g/mol. The summed E-state index contributed by atoms with van der Waals surface area (Å²) in [6, 6.07) is 0.973. The quantitative estimate of drug-likeness (QED) is 0.835. The van der Waals surface area contributed by atoms with Crippen LogP contribution in [0.2, 0.25) is 0 Å². The SMILES string of the molecule is N#Cc1c(C(=O)O)cnc(C(F)F)c1C(F)(F)F. The molecule has 0 fully saturated rings. The van der Waals surface area contributed by atoms with Crippen molar-refractivity contribution >= 4 is 5.97 Å². The number of carboxylic acid groups (broad SMARTS) is 1. The molecule has 0 aliphatic carbocycles. The first kappa shape index (κ1) is 13.8. The summed E-state index contributed by atoms with van der Waals surface area (Å²) in [5.74, 6) is -1.86. The summed E-state index contributed by atoms with van der Waals surface area (Å²) in [5.41, 5.74) is -6.13. The van der Waals surface area contributed by atoms with Gasteiger partial charge in [-0.2, -0.15) is 18.4 Å². The third-order valence-electron chi connectivity index (χ3n) is 1.94. The summed E-state index contributed by atoms with van der Waals surface area (Å²) in [4.78, 5) is 13.4. The number of carbonyl (C=O) groups is 1. The number of aromatic carboxylic acids is 1. The zero-order valence-electron chi connectivity index (χ0n) is 8.29. The van der Waals surface area contributed by atoms with Crippen molar-refractivity contribution in [3.8, 4) is 6.07 Å². The van der Waals surface area contributed by atoms with Crippen LogP contribution < -0.4 is 0 Å². The molecule has 0 bridgehead atoms. The predicted molar refractivity (Wildman–Crippen MR) is 45.9 cm³/mol. The van der Waals surface area contributed by atoms with E-state index in [0.717, 1.165) is 6.07 Å². The largest absolute Gasteiger partial charge is 0.478 e. The van der Waals surface area contributed by atoms with Crippen LogP contribution in [0.5, 0.6) is 0 Å². The highest BCUT2D eigenvalue weighted by Crippen LogP contribution is 2.38. The van der Waals surface area contributed by atoms with Crippen molar-refractivity contribution in [2.75, 3.05) is 0 Å². The van der Waals surface area contributed by atoms with E-state index in [1.165, 1.54) is 0 Å². The molecule has 0 aromatic carbocycles. The van der Waals surface area contributed by atoms with Gasteiger partial charge in [-0.05, 0) is 0 Å². The fraction of sp³-hybridized carbons (Fsp3) is 0.222. The van der Waals surface area contributed by atoms with E-state index in [9.17, 15) is 26.7 Å². The average Bonchev–Trinajstić information content (AvgIpc) is 2.25. The number of hydrogen-bond acceptors (Lipinski definition) is 3. The fourth-order valence-corrected chi connectivity index (χ4v) is 1.26. The summed E-state index contributed by atoms with van der Waals surface area (Å²) in [6.07, 6.45) is -8.57. The molecule has 0 unspecified atom stereocenters. The Kier molecular flexibility index (Phi) is 3.50. The normalized spacial score (nSPS) is 11.4. The van der Waals surface area contributed by atoms with Crippen LogP contribution in [-0.4, -0.2) is 16.1 Å². The zero-order valence-corrected chi connectivity index (χ0v) is 8.29. The first-order chi connectivity index (χ1) is 8.20. The van der Waals surface area contributed by atoms with Crippen LogP contribution in [-0.2, 0) is 6.18 Å². The van der Waals surface area contributed by atoms with Crippen LogP contribution in [0, 0.1) is 11.3 Å². The smallest absolute Gasteiger partial charge is 0.419 e. The molecule has 1 heterocycles. The molecular formula is C9H3F5N2O2. The molecule has 0 aliphatic heterocycles. The molecule has 96 valence electrons. The molecule has 18 heavy (non-hydrogen) atoms. The van der Waals surface area contributed by atoms with Crippen molar-refractivity contribution < 1.29 is 31.9 Å². The van der Waals surface area contributed by atoms with Gasteiger partial charge in [0.05, 0.1) is 11.1 Å². The van der Waals surface area contributed by atoms with Gasteiger partial charge in [-0.3, -0.25) is 4.98 Å². The zero-order chi connectivity index (χ0) is 14.1. The minimum absolute atomic E-state index is 0.303. The lowest BCUT2D eigenvalue weighted by Gasteiger charge is -2.14. The third kappa shape index (κ3) is 2.37. The van der Waals surface area contributed by atoms with E-state index >= 15 is 0 Å². The first-order valence-electron chi connectivity index (χ1n) is 4.21. The molecule has 9 heteroatoms. The highest BCUT2D eigenvalue weighted by Gasteiger charge is 2.41. The Labute approximate surface area is 96.3 Å².